The fourth-order valence-electron chi connectivity index (χ4n) is 5.85. The second-order valence-electron chi connectivity index (χ2n) is 9.13. The Bertz CT molecular complexity index is 738. The molecule has 28 heavy (non-hydrogen) atoms. The van der Waals surface area contributed by atoms with Crippen LogP contribution in [0.25, 0.3) is 0 Å². The molecule has 3 aliphatic rings. The van der Waals surface area contributed by atoms with Gasteiger partial charge in [-0.2, -0.15) is 0 Å². The lowest BCUT2D eigenvalue weighted by Crippen LogP contribution is -2.59. The van der Waals surface area contributed by atoms with E-state index in [0.29, 0.717) is 0 Å². The topological polar surface area (TPSA) is 6.48 Å². The van der Waals surface area contributed by atoms with E-state index < -0.39 is 8.07 Å². The summed E-state index contributed by atoms with van der Waals surface area (Å²) in [5, 5.41) is 3.38. The van der Waals surface area contributed by atoms with Gasteiger partial charge in [-0.15, -0.1) is 0 Å². The van der Waals surface area contributed by atoms with Crippen molar-refractivity contribution >= 4 is 29.8 Å². The minimum absolute atomic E-state index is 1.24. The summed E-state index contributed by atoms with van der Waals surface area (Å²) >= 11 is 0. The molecule has 0 spiro atoms. The van der Waals surface area contributed by atoms with Gasteiger partial charge in [0.05, 0.1) is 0 Å². The minimum atomic E-state index is -1.65. The first-order valence-corrected chi connectivity index (χ1v) is 14.0. The van der Waals surface area contributed by atoms with Crippen molar-refractivity contribution in [3.05, 3.63) is 48.5 Å². The zero-order valence-corrected chi connectivity index (χ0v) is 18.2. The minimum Gasteiger partial charge on any atom is -0.372 e. The van der Waals surface area contributed by atoms with Gasteiger partial charge in [-0.25, -0.2) is 0 Å². The van der Waals surface area contributed by atoms with Crippen LogP contribution in [-0.2, 0) is 0 Å². The van der Waals surface area contributed by atoms with Gasteiger partial charge in [0, 0.05) is 37.6 Å². The van der Waals surface area contributed by atoms with Gasteiger partial charge in [0.25, 0.3) is 0 Å². The van der Waals surface area contributed by atoms with Crippen molar-refractivity contribution in [3.63, 3.8) is 0 Å². The van der Waals surface area contributed by atoms with Gasteiger partial charge >= 0.3 is 0 Å². The number of benzene rings is 2. The molecule has 3 aliphatic heterocycles. The van der Waals surface area contributed by atoms with E-state index in [1.165, 1.54) is 94.6 Å². The summed E-state index contributed by atoms with van der Waals surface area (Å²) in [6, 6.07) is 22.4. The Kier molecular flexibility index (Phi) is 5.19. The molecule has 0 radical (unpaired) electrons. The van der Waals surface area contributed by atoms with Crippen LogP contribution in [0, 0.1) is 0 Å². The third-order valence-electron chi connectivity index (χ3n) is 7.45. The highest BCUT2D eigenvalue weighted by Gasteiger charge is 2.39. The van der Waals surface area contributed by atoms with Crippen molar-refractivity contribution in [3.8, 4) is 0 Å². The predicted molar refractivity (Wildman–Crippen MR) is 124 cm³/mol. The van der Waals surface area contributed by atoms with Crippen LogP contribution in [0.1, 0.15) is 44.9 Å². The number of hydrogen-bond donors (Lipinski definition) is 0. The summed E-state index contributed by atoms with van der Waals surface area (Å²) in [6.07, 6.45) is 9.65. The molecular weight excluding hydrogens is 356 g/mol. The average Bonchev–Trinajstić information content (AvgIpc) is 3.49. The molecule has 2 aromatic carbocycles. The summed E-state index contributed by atoms with van der Waals surface area (Å²) in [6.45, 7) is 4.95. The van der Waals surface area contributed by atoms with Crippen LogP contribution in [-0.4, -0.2) is 34.3 Å². The smallest absolute Gasteiger partial charge is 0.118 e. The summed E-state index contributed by atoms with van der Waals surface area (Å²) in [5.41, 5.74) is 2.95. The number of hydrogen-bond acceptors (Lipinski definition) is 2. The Balaban J connectivity index is 1.54. The van der Waals surface area contributed by atoms with Crippen molar-refractivity contribution in [2.75, 3.05) is 36.0 Å². The Morgan fingerprint density at radius 1 is 0.536 bits per heavy atom. The molecule has 3 fully saturated rings. The van der Waals surface area contributed by atoms with E-state index in [0.717, 1.165) is 0 Å². The molecule has 2 aromatic rings. The molecular formula is C25H34N2Si. The highest BCUT2D eigenvalue weighted by atomic mass is 28.3. The molecule has 0 N–H and O–H groups in total. The third kappa shape index (κ3) is 3.39. The monoisotopic (exact) mass is 390 g/mol. The molecule has 0 atom stereocenters. The van der Waals surface area contributed by atoms with Crippen LogP contribution in [0.5, 0.6) is 0 Å². The molecule has 0 unspecified atom stereocenters. The lowest BCUT2D eigenvalue weighted by atomic mass is 10.2. The molecule has 3 heterocycles. The molecule has 2 nitrogen and oxygen atoms in total. The van der Waals surface area contributed by atoms with Crippen molar-refractivity contribution in [2.45, 2.75) is 57.0 Å². The normalized spacial score (nSPS) is 22.0. The average molecular weight is 391 g/mol. The van der Waals surface area contributed by atoms with E-state index >= 15 is 0 Å². The van der Waals surface area contributed by atoms with Gasteiger partial charge in [-0.05, 0) is 62.0 Å². The largest absolute Gasteiger partial charge is 0.372 e. The first-order chi connectivity index (χ1) is 13.9. The maximum absolute atomic E-state index is 2.61. The highest BCUT2D eigenvalue weighted by molar-refractivity contribution is 7.02. The maximum Gasteiger partial charge on any atom is 0.118 e. The fraction of sp³-hybridized carbons (Fsp3) is 0.520. The number of rotatable bonds is 4. The molecule has 148 valence electrons. The van der Waals surface area contributed by atoms with Gasteiger partial charge in [-0.1, -0.05) is 53.9 Å². The quantitative estimate of drug-likeness (QED) is 0.702. The maximum atomic E-state index is 2.61. The van der Waals surface area contributed by atoms with Gasteiger partial charge in [-0.3, -0.25) is 0 Å². The molecule has 0 amide bonds. The van der Waals surface area contributed by atoms with Gasteiger partial charge in [0.15, 0.2) is 0 Å². The molecule has 0 aromatic heterocycles. The SMILES string of the molecule is c1cc(N2CCCC2)cc([Si]2(c3cccc(N4CCCC4)c3)CCCCC2)c1. The van der Waals surface area contributed by atoms with Crippen LogP contribution in [0.15, 0.2) is 48.5 Å². The van der Waals surface area contributed by atoms with Crippen molar-refractivity contribution in [1.29, 1.82) is 0 Å². The van der Waals surface area contributed by atoms with Gasteiger partial charge in [0.2, 0.25) is 0 Å². The summed E-state index contributed by atoms with van der Waals surface area (Å²) in [5.74, 6) is 0. The predicted octanol–water partition coefficient (Wildman–Crippen LogP) is 4.63. The standard InChI is InChI=1S/C25H34N2Si/c1-6-18-28(19-7-1,24-12-8-10-22(20-24)26-14-2-3-15-26)25-13-9-11-23(21-25)27-16-4-5-17-27/h8-13,20-21H,1-7,14-19H2. The summed E-state index contributed by atoms with van der Waals surface area (Å²) < 4.78 is 0. The second kappa shape index (κ2) is 7.94. The van der Waals surface area contributed by atoms with Crippen LogP contribution in [0.2, 0.25) is 12.1 Å². The summed E-state index contributed by atoms with van der Waals surface area (Å²) in [4.78, 5) is 5.21. The van der Waals surface area contributed by atoms with E-state index in [1.54, 1.807) is 10.4 Å². The lowest BCUT2D eigenvalue weighted by Gasteiger charge is -2.37. The van der Waals surface area contributed by atoms with Crippen molar-refractivity contribution in [2.24, 2.45) is 0 Å². The Morgan fingerprint density at radius 3 is 1.46 bits per heavy atom. The summed E-state index contributed by atoms with van der Waals surface area (Å²) in [7, 11) is -1.65. The zero-order valence-electron chi connectivity index (χ0n) is 17.2. The van der Waals surface area contributed by atoms with Gasteiger partial charge < -0.3 is 9.80 Å². The molecule has 3 saturated heterocycles. The van der Waals surface area contributed by atoms with Crippen molar-refractivity contribution in [1.82, 2.24) is 0 Å². The first kappa shape index (κ1) is 18.3. The van der Waals surface area contributed by atoms with Crippen LogP contribution >= 0.6 is 0 Å². The first-order valence-electron chi connectivity index (χ1n) is 11.6. The number of nitrogens with zero attached hydrogens (tertiary/aromatic N) is 2. The molecule has 0 aliphatic carbocycles. The fourth-order valence-corrected chi connectivity index (χ4v) is 11.0. The lowest BCUT2D eigenvalue weighted by molar-refractivity contribution is 0.720. The molecule has 0 bridgehead atoms. The van der Waals surface area contributed by atoms with E-state index in [1.807, 2.05) is 0 Å². The van der Waals surface area contributed by atoms with Gasteiger partial charge in [0.1, 0.15) is 8.07 Å². The molecule has 0 saturated carbocycles. The van der Waals surface area contributed by atoms with Crippen molar-refractivity contribution < 1.29 is 0 Å². The Morgan fingerprint density at radius 2 is 1.00 bits per heavy atom. The Labute approximate surface area is 171 Å². The second-order valence-corrected chi connectivity index (χ2v) is 13.5. The van der Waals surface area contributed by atoms with Crippen LogP contribution in [0.3, 0.4) is 0 Å². The Hall–Kier alpha value is -1.74. The highest BCUT2D eigenvalue weighted by Crippen LogP contribution is 2.31. The number of anilines is 2. The molecule has 3 heteroatoms. The van der Waals surface area contributed by atoms with E-state index in [2.05, 4.69) is 58.3 Å². The van der Waals surface area contributed by atoms with Crippen LogP contribution < -0.4 is 20.2 Å². The van der Waals surface area contributed by atoms with E-state index in [-0.39, 0.29) is 0 Å². The third-order valence-corrected chi connectivity index (χ3v) is 12.7. The van der Waals surface area contributed by atoms with E-state index in [4.69, 9.17) is 0 Å². The van der Waals surface area contributed by atoms with Crippen LogP contribution in [0.4, 0.5) is 11.4 Å². The zero-order chi connectivity index (χ0) is 18.8. The van der Waals surface area contributed by atoms with E-state index in [9.17, 15) is 0 Å². The molecule has 5 rings (SSSR count).